The Morgan fingerprint density at radius 2 is 2.30 bits per heavy atom. The molecule has 1 aliphatic rings. The molecule has 0 radical (unpaired) electrons. The van der Waals surface area contributed by atoms with Gasteiger partial charge in [-0.1, -0.05) is 6.92 Å². The van der Waals surface area contributed by atoms with E-state index < -0.39 is 0 Å². The Hall–Kier alpha value is -1.73. The maximum atomic E-state index is 9.26. The van der Waals surface area contributed by atoms with Crippen molar-refractivity contribution in [3.8, 4) is 11.8 Å². The van der Waals surface area contributed by atoms with Crippen LogP contribution in [-0.2, 0) is 0 Å². The molecule has 1 atom stereocenters. The molecule has 1 aromatic carbocycles. The molecule has 0 N–H and O–H groups in total. The van der Waals surface area contributed by atoms with Crippen molar-refractivity contribution in [2.75, 3.05) is 38.7 Å². The summed E-state index contributed by atoms with van der Waals surface area (Å²) in [7, 11) is 3.71. The van der Waals surface area contributed by atoms with Crippen molar-refractivity contribution in [1.29, 1.82) is 5.26 Å². The molecular formula is C16H23N3O. The van der Waals surface area contributed by atoms with E-state index in [9.17, 15) is 5.26 Å². The maximum absolute atomic E-state index is 9.26. The van der Waals surface area contributed by atoms with E-state index in [1.54, 1.807) is 7.11 Å². The largest absolute Gasteiger partial charge is 0.497 e. The molecule has 0 aromatic heterocycles. The first kappa shape index (κ1) is 14.7. The number of methoxy groups -OCH3 is 1. The molecule has 108 valence electrons. The zero-order chi connectivity index (χ0) is 14.5. The van der Waals surface area contributed by atoms with Crippen molar-refractivity contribution in [1.82, 2.24) is 4.90 Å². The first-order valence-corrected chi connectivity index (χ1v) is 7.23. The van der Waals surface area contributed by atoms with Gasteiger partial charge in [0.1, 0.15) is 11.8 Å². The highest BCUT2D eigenvalue weighted by molar-refractivity contribution is 5.61. The third kappa shape index (κ3) is 3.05. The van der Waals surface area contributed by atoms with Gasteiger partial charge in [0, 0.05) is 25.7 Å². The van der Waals surface area contributed by atoms with Gasteiger partial charge in [0.15, 0.2) is 0 Å². The third-order valence-electron chi connectivity index (χ3n) is 4.13. The summed E-state index contributed by atoms with van der Waals surface area (Å²) in [6.07, 6.45) is 2.51. The van der Waals surface area contributed by atoms with Crippen LogP contribution in [0.5, 0.6) is 5.75 Å². The number of ether oxygens (including phenoxy) is 1. The molecule has 0 amide bonds. The molecule has 0 spiro atoms. The number of hydrogen-bond acceptors (Lipinski definition) is 4. The standard InChI is InChI=1S/C16H23N3O/c1-4-19-9-5-6-14(19)12-18(2)16-10-15(20-3)8-7-13(16)11-17/h7-8,10,14H,4-6,9,12H2,1-3H3. The second-order valence-corrected chi connectivity index (χ2v) is 5.30. The van der Waals surface area contributed by atoms with Crippen LogP contribution in [0.4, 0.5) is 5.69 Å². The molecular weight excluding hydrogens is 250 g/mol. The molecule has 1 aromatic rings. The van der Waals surface area contributed by atoms with Crippen LogP contribution >= 0.6 is 0 Å². The highest BCUT2D eigenvalue weighted by Crippen LogP contribution is 2.26. The molecule has 0 saturated carbocycles. The molecule has 1 heterocycles. The van der Waals surface area contributed by atoms with Crippen LogP contribution in [0.3, 0.4) is 0 Å². The van der Waals surface area contributed by atoms with E-state index >= 15 is 0 Å². The Kier molecular flexibility index (Phi) is 4.86. The van der Waals surface area contributed by atoms with Gasteiger partial charge in [-0.3, -0.25) is 4.90 Å². The second-order valence-electron chi connectivity index (χ2n) is 5.30. The van der Waals surface area contributed by atoms with Gasteiger partial charge in [-0.2, -0.15) is 5.26 Å². The minimum Gasteiger partial charge on any atom is -0.497 e. The van der Waals surface area contributed by atoms with Crippen LogP contribution in [0, 0.1) is 11.3 Å². The maximum Gasteiger partial charge on any atom is 0.121 e. The van der Waals surface area contributed by atoms with Crippen molar-refractivity contribution in [3.05, 3.63) is 23.8 Å². The van der Waals surface area contributed by atoms with Crippen molar-refractivity contribution < 1.29 is 4.74 Å². The summed E-state index contributed by atoms with van der Waals surface area (Å²) < 4.78 is 5.27. The van der Waals surface area contributed by atoms with Gasteiger partial charge in [0.05, 0.1) is 18.4 Å². The van der Waals surface area contributed by atoms with E-state index in [-0.39, 0.29) is 0 Å². The van der Waals surface area contributed by atoms with E-state index in [0.29, 0.717) is 11.6 Å². The van der Waals surface area contributed by atoms with Crippen molar-refractivity contribution >= 4 is 5.69 Å². The van der Waals surface area contributed by atoms with Crippen molar-refractivity contribution in [3.63, 3.8) is 0 Å². The van der Waals surface area contributed by atoms with Gasteiger partial charge < -0.3 is 9.64 Å². The summed E-state index contributed by atoms with van der Waals surface area (Å²) in [4.78, 5) is 4.70. The molecule has 0 bridgehead atoms. The third-order valence-corrected chi connectivity index (χ3v) is 4.13. The smallest absolute Gasteiger partial charge is 0.121 e. The molecule has 0 aliphatic carbocycles. The van der Waals surface area contributed by atoms with Crippen molar-refractivity contribution in [2.24, 2.45) is 0 Å². The van der Waals surface area contributed by atoms with Gasteiger partial charge in [0.25, 0.3) is 0 Å². The van der Waals surface area contributed by atoms with Gasteiger partial charge in [-0.25, -0.2) is 0 Å². The highest BCUT2D eigenvalue weighted by Gasteiger charge is 2.24. The van der Waals surface area contributed by atoms with Crippen LogP contribution in [0.15, 0.2) is 18.2 Å². The fraction of sp³-hybridized carbons (Fsp3) is 0.562. The number of anilines is 1. The van der Waals surface area contributed by atoms with Gasteiger partial charge in [0.2, 0.25) is 0 Å². The lowest BCUT2D eigenvalue weighted by atomic mass is 10.1. The molecule has 4 nitrogen and oxygen atoms in total. The Balaban J connectivity index is 2.16. The van der Waals surface area contributed by atoms with E-state index in [2.05, 4.69) is 29.8 Å². The summed E-state index contributed by atoms with van der Waals surface area (Å²) in [5, 5.41) is 9.26. The molecule has 2 rings (SSSR count). The zero-order valence-electron chi connectivity index (χ0n) is 12.6. The summed E-state index contributed by atoms with van der Waals surface area (Å²) in [5.74, 6) is 0.796. The number of hydrogen-bond donors (Lipinski definition) is 0. The lowest BCUT2D eigenvalue weighted by molar-refractivity contribution is 0.270. The first-order chi connectivity index (χ1) is 9.69. The quantitative estimate of drug-likeness (QED) is 0.826. The van der Waals surface area contributed by atoms with E-state index in [4.69, 9.17) is 4.74 Å². The second kappa shape index (κ2) is 6.62. The van der Waals surface area contributed by atoms with Crippen LogP contribution in [0.1, 0.15) is 25.3 Å². The Morgan fingerprint density at radius 1 is 1.50 bits per heavy atom. The number of nitriles is 1. The van der Waals surface area contributed by atoms with Crippen LogP contribution < -0.4 is 9.64 Å². The number of benzene rings is 1. The molecule has 4 heteroatoms. The lowest BCUT2D eigenvalue weighted by Gasteiger charge is -2.29. The van der Waals surface area contributed by atoms with Crippen molar-refractivity contribution in [2.45, 2.75) is 25.8 Å². The average molecular weight is 273 g/mol. The molecule has 1 aliphatic heterocycles. The van der Waals surface area contributed by atoms with E-state index in [0.717, 1.165) is 24.5 Å². The number of nitrogens with zero attached hydrogens (tertiary/aromatic N) is 3. The summed E-state index contributed by atoms with van der Waals surface area (Å²) in [6, 6.07) is 8.47. The Labute approximate surface area is 121 Å². The average Bonchev–Trinajstić information content (AvgIpc) is 2.93. The number of likely N-dealkylation sites (tertiary alicyclic amines) is 1. The normalized spacial score (nSPS) is 18.8. The molecule has 1 fully saturated rings. The predicted octanol–water partition coefficient (Wildman–Crippen LogP) is 2.49. The zero-order valence-corrected chi connectivity index (χ0v) is 12.6. The van der Waals surface area contributed by atoms with E-state index in [1.807, 2.05) is 18.2 Å². The SMILES string of the molecule is CCN1CCCC1CN(C)c1cc(OC)ccc1C#N. The predicted molar refractivity (Wildman–Crippen MR) is 81.2 cm³/mol. The molecule has 1 saturated heterocycles. The van der Waals surface area contributed by atoms with Gasteiger partial charge in [-0.05, 0) is 38.1 Å². The Morgan fingerprint density at radius 3 is 2.95 bits per heavy atom. The van der Waals surface area contributed by atoms with Gasteiger partial charge >= 0.3 is 0 Å². The fourth-order valence-electron chi connectivity index (χ4n) is 2.98. The minimum absolute atomic E-state index is 0.586. The van der Waals surface area contributed by atoms with Gasteiger partial charge in [-0.15, -0.1) is 0 Å². The number of likely N-dealkylation sites (N-methyl/N-ethyl adjacent to an activating group) is 2. The minimum atomic E-state index is 0.586. The summed E-state index contributed by atoms with van der Waals surface area (Å²) in [6.45, 7) is 5.46. The number of rotatable bonds is 5. The first-order valence-electron chi connectivity index (χ1n) is 7.23. The molecule has 1 unspecified atom stereocenters. The van der Waals surface area contributed by atoms with Crippen LogP contribution in [-0.4, -0.2) is 44.7 Å². The van der Waals surface area contributed by atoms with Crippen LogP contribution in [0.25, 0.3) is 0 Å². The summed E-state index contributed by atoms with van der Waals surface area (Å²) in [5.41, 5.74) is 1.66. The fourth-order valence-corrected chi connectivity index (χ4v) is 2.98. The Bertz CT molecular complexity index is 495. The topological polar surface area (TPSA) is 39.5 Å². The highest BCUT2D eigenvalue weighted by atomic mass is 16.5. The van der Waals surface area contributed by atoms with E-state index in [1.165, 1.54) is 19.4 Å². The molecule has 20 heavy (non-hydrogen) atoms. The lowest BCUT2D eigenvalue weighted by Crippen LogP contribution is -2.39. The monoisotopic (exact) mass is 273 g/mol. The summed E-state index contributed by atoms with van der Waals surface area (Å²) >= 11 is 0. The van der Waals surface area contributed by atoms with Crippen LogP contribution in [0.2, 0.25) is 0 Å².